The van der Waals surface area contributed by atoms with Crippen LogP contribution in [0, 0.1) is 5.92 Å². The number of amides is 1. The van der Waals surface area contributed by atoms with Crippen LogP contribution in [0.15, 0.2) is 12.4 Å². The highest BCUT2D eigenvalue weighted by Gasteiger charge is 2.17. The van der Waals surface area contributed by atoms with Crippen LogP contribution in [0.1, 0.15) is 24.3 Å². The molecule has 0 radical (unpaired) electrons. The van der Waals surface area contributed by atoms with Crippen LogP contribution in [-0.4, -0.2) is 33.6 Å². The average Bonchev–Trinajstić information content (AvgIpc) is 2.28. The smallest absolute Gasteiger partial charge is 0.273 e. The fourth-order valence-corrected chi connectivity index (χ4v) is 1.10. The molecule has 0 aliphatic rings. The third kappa shape index (κ3) is 2.90. The van der Waals surface area contributed by atoms with Gasteiger partial charge in [0.1, 0.15) is 0 Å². The maximum absolute atomic E-state index is 11.7. The first-order valence-corrected chi connectivity index (χ1v) is 5.04. The van der Waals surface area contributed by atoms with E-state index >= 15 is 0 Å². The number of nitrogens with two attached hydrogens (primary N) is 1. The van der Waals surface area contributed by atoms with Gasteiger partial charge in [-0.2, -0.15) is 0 Å². The number of rotatable bonds is 4. The van der Waals surface area contributed by atoms with Crippen molar-refractivity contribution in [2.45, 2.75) is 19.9 Å². The highest BCUT2D eigenvalue weighted by Crippen LogP contribution is 2.06. The second-order valence-electron chi connectivity index (χ2n) is 3.71. The fourth-order valence-electron chi connectivity index (χ4n) is 1.10. The van der Waals surface area contributed by atoms with Gasteiger partial charge >= 0.3 is 0 Å². The summed E-state index contributed by atoms with van der Waals surface area (Å²) < 4.78 is 0. The van der Waals surface area contributed by atoms with Gasteiger partial charge in [-0.15, -0.1) is 0 Å². The number of nitrogens with one attached hydrogen (secondary N) is 1. The number of aliphatic hydroxyl groups is 1. The van der Waals surface area contributed by atoms with E-state index < -0.39 is 0 Å². The first-order valence-electron chi connectivity index (χ1n) is 5.04. The zero-order valence-electron chi connectivity index (χ0n) is 9.34. The van der Waals surface area contributed by atoms with E-state index in [1.807, 2.05) is 13.8 Å². The predicted octanol–water partition coefficient (Wildman–Crippen LogP) is -0.195. The summed E-state index contributed by atoms with van der Waals surface area (Å²) in [5, 5.41) is 11.6. The standard InChI is InChI=1S/C10H16N4O2/c1-6(5-15)7(2)14-10(16)8-9(11)13-4-3-12-8/h3-4,6-7,15H,5H2,1-2H3,(H2,11,13)(H,14,16). The van der Waals surface area contributed by atoms with E-state index in [2.05, 4.69) is 15.3 Å². The SMILES string of the molecule is CC(CO)C(C)NC(=O)c1nccnc1N. The monoisotopic (exact) mass is 224 g/mol. The molecule has 1 amide bonds. The number of anilines is 1. The van der Waals surface area contributed by atoms with E-state index in [1.54, 1.807) is 0 Å². The maximum Gasteiger partial charge on any atom is 0.273 e. The third-order valence-electron chi connectivity index (χ3n) is 2.44. The molecule has 1 heterocycles. The van der Waals surface area contributed by atoms with E-state index in [1.165, 1.54) is 12.4 Å². The Morgan fingerprint density at radius 1 is 1.50 bits per heavy atom. The molecule has 16 heavy (non-hydrogen) atoms. The first-order chi connectivity index (χ1) is 7.56. The zero-order chi connectivity index (χ0) is 12.1. The predicted molar refractivity (Wildman–Crippen MR) is 59.6 cm³/mol. The van der Waals surface area contributed by atoms with Gasteiger partial charge in [-0.05, 0) is 12.8 Å². The fraction of sp³-hybridized carbons (Fsp3) is 0.500. The summed E-state index contributed by atoms with van der Waals surface area (Å²) in [6.45, 7) is 3.66. The van der Waals surface area contributed by atoms with Crippen molar-refractivity contribution in [2.24, 2.45) is 5.92 Å². The van der Waals surface area contributed by atoms with E-state index in [0.29, 0.717) is 0 Å². The molecule has 0 spiro atoms. The minimum atomic E-state index is -0.376. The first kappa shape index (κ1) is 12.4. The maximum atomic E-state index is 11.7. The van der Waals surface area contributed by atoms with E-state index in [-0.39, 0.29) is 36.0 Å². The minimum Gasteiger partial charge on any atom is -0.396 e. The van der Waals surface area contributed by atoms with Gasteiger partial charge in [-0.25, -0.2) is 9.97 Å². The van der Waals surface area contributed by atoms with Gasteiger partial charge in [-0.1, -0.05) is 6.92 Å². The van der Waals surface area contributed by atoms with Crippen LogP contribution >= 0.6 is 0 Å². The number of nitrogen functional groups attached to an aromatic ring is 1. The van der Waals surface area contributed by atoms with E-state index in [9.17, 15) is 4.79 Å². The van der Waals surface area contributed by atoms with E-state index in [4.69, 9.17) is 10.8 Å². The summed E-state index contributed by atoms with van der Waals surface area (Å²) in [4.78, 5) is 19.4. The van der Waals surface area contributed by atoms with Crippen LogP contribution in [0.5, 0.6) is 0 Å². The lowest BCUT2D eigenvalue weighted by atomic mass is 10.1. The van der Waals surface area contributed by atoms with Gasteiger partial charge in [0.25, 0.3) is 5.91 Å². The Bertz CT molecular complexity index is 370. The van der Waals surface area contributed by atoms with Crippen molar-refractivity contribution in [3.63, 3.8) is 0 Å². The lowest BCUT2D eigenvalue weighted by Crippen LogP contribution is -2.39. The molecule has 0 aliphatic heterocycles. The van der Waals surface area contributed by atoms with Gasteiger partial charge in [-0.3, -0.25) is 4.79 Å². The number of hydrogen-bond acceptors (Lipinski definition) is 5. The Kier molecular flexibility index (Phi) is 4.19. The van der Waals surface area contributed by atoms with Crippen molar-refractivity contribution >= 4 is 11.7 Å². The molecule has 2 unspecified atom stereocenters. The number of aliphatic hydroxyl groups excluding tert-OH is 1. The molecule has 6 nitrogen and oxygen atoms in total. The number of carbonyl (C=O) groups is 1. The van der Waals surface area contributed by atoms with Crippen molar-refractivity contribution in [1.82, 2.24) is 15.3 Å². The normalized spacial score (nSPS) is 14.2. The quantitative estimate of drug-likeness (QED) is 0.657. The minimum absolute atomic E-state index is 0.0113. The summed E-state index contributed by atoms with van der Waals surface area (Å²) in [6.07, 6.45) is 2.83. The zero-order valence-corrected chi connectivity index (χ0v) is 9.34. The molecule has 0 aliphatic carbocycles. The molecule has 1 aromatic rings. The van der Waals surface area contributed by atoms with Crippen molar-refractivity contribution in [2.75, 3.05) is 12.3 Å². The topological polar surface area (TPSA) is 101 Å². The van der Waals surface area contributed by atoms with Gasteiger partial charge < -0.3 is 16.2 Å². The Balaban J connectivity index is 2.70. The van der Waals surface area contributed by atoms with Crippen LogP contribution in [0.4, 0.5) is 5.82 Å². The average molecular weight is 224 g/mol. The summed E-state index contributed by atoms with van der Waals surface area (Å²) in [6, 6.07) is -0.154. The van der Waals surface area contributed by atoms with Crippen molar-refractivity contribution in [3.05, 3.63) is 18.1 Å². The molecule has 0 bridgehead atoms. The second-order valence-corrected chi connectivity index (χ2v) is 3.71. The molecule has 88 valence electrons. The second kappa shape index (κ2) is 5.41. The molecule has 4 N–H and O–H groups in total. The molecule has 2 atom stereocenters. The van der Waals surface area contributed by atoms with Crippen LogP contribution in [0.2, 0.25) is 0 Å². The van der Waals surface area contributed by atoms with E-state index in [0.717, 1.165) is 0 Å². The van der Waals surface area contributed by atoms with Gasteiger partial charge in [0, 0.05) is 25.0 Å². The Labute approximate surface area is 93.9 Å². The van der Waals surface area contributed by atoms with Crippen molar-refractivity contribution < 1.29 is 9.90 Å². The van der Waals surface area contributed by atoms with Gasteiger partial charge in [0.15, 0.2) is 11.5 Å². The van der Waals surface area contributed by atoms with Crippen molar-refractivity contribution in [3.8, 4) is 0 Å². The van der Waals surface area contributed by atoms with Crippen molar-refractivity contribution in [1.29, 1.82) is 0 Å². The highest BCUT2D eigenvalue weighted by atomic mass is 16.3. The van der Waals surface area contributed by atoms with Crippen LogP contribution in [0.25, 0.3) is 0 Å². The number of hydrogen-bond donors (Lipinski definition) is 3. The highest BCUT2D eigenvalue weighted by molar-refractivity contribution is 5.96. The number of aromatic nitrogens is 2. The Morgan fingerprint density at radius 3 is 2.69 bits per heavy atom. The molecule has 0 saturated carbocycles. The van der Waals surface area contributed by atoms with Crippen LogP contribution in [-0.2, 0) is 0 Å². The lowest BCUT2D eigenvalue weighted by molar-refractivity contribution is 0.0912. The lowest BCUT2D eigenvalue weighted by Gasteiger charge is -2.19. The molecule has 0 aromatic carbocycles. The van der Waals surface area contributed by atoms with Gasteiger partial charge in [0.05, 0.1) is 0 Å². The Hall–Kier alpha value is -1.69. The van der Waals surface area contributed by atoms with Crippen LogP contribution in [0.3, 0.4) is 0 Å². The molecular weight excluding hydrogens is 208 g/mol. The van der Waals surface area contributed by atoms with Gasteiger partial charge in [0.2, 0.25) is 0 Å². The molecule has 0 saturated heterocycles. The molecule has 1 rings (SSSR count). The Morgan fingerprint density at radius 2 is 2.12 bits per heavy atom. The molecule has 6 heteroatoms. The summed E-state index contributed by atoms with van der Waals surface area (Å²) >= 11 is 0. The number of nitrogens with zero attached hydrogens (tertiary/aromatic N) is 2. The summed E-state index contributed by atoms with van der Waals surface area (Å²) in [5.74, 6) is -0.302. The molecule has 1 aromatic heterocycles. The summed E-state index contributed by atoms with van der Waals surface area (Å²) in [7, 11) is 0. The number of carbonyl (C=O) groups excluding carboxylic acids is 1. The third-order valence-corrected chi connectivity index (χ3v) is 2.44. The molecule has 0 fully saturated rings. The van der Waals surface area contributed by atoms with Crippen LogP contribution < -0.4 is 11.1 Å². The molecular formula is C10H16N4O2. The summed E-state index contributed by atoms with van der Waals surface area (Å²) in [5.41, 5.74) is 5.63. The largest absolute Gasteiger partial charge is 0.396 e.